The molecule has 0 saturated carbocycles. The summed E-state index contributed by atoms with van der Waals surface area (Å²) in [6.45, 7) is 8.92. The Balaban J connectivity index is 0.000000696. The first-order chi connectivity index (χ1) is 13.3. The minimum absolute atomic E-state index is 0.643. The van der Waals surface area contributed by atoms with Crippen molar-refractivity contribution in [3.8, 4) is 11.5 Å². The van der Waals surface area contributed by atoms with Crippen LogP contribution in [0.5, 0.6) is 11.5 Å². The van der Waals surface area contributed by atoms with Gasteiger partial charge in [-0.15, -0.1) is 0 Å². The van der Waals surface area contributed by atoms with Crippen LogP contribution in [0.3, 0.4) is 0 Å². The molecule has 0 unspecified atom stereocenters. The molecule has 0 radical (unpaired) electrons. The maximum Gasteiger partial charge on any atom is 0.144 e. The Hall–Kier alpha value is -1.75. The van der Waals surface area contributed by atoms with Crippen LogP contribution in [0.4, 0.5) is 11.4 Å². The van der Waals surface area contributed by atoms with Crippen molar-refractivity contribution in [1.29, 1.82) is 0 Å². The van der Waals surface area contributed by atoms with Gasteiger partial charge in [0.1, 0.15) is 11.5 Å². The van der Waals surface area contributed by atoms with Gasteiger partial charge in [0.15, 0.2) is 0 Å². The quantitative estimate of drug-likeness (QED) is 0.276. The van der Waals surface area contributed by atoms with Crippen molar-refractivity contribution in [1.82, 2.24) is 0 Å². The molecule has 28 heavy (non-hydrogen) atoms. The number of rotatable bonds is 9. The van der Waals surface area contributed by atoms with Gasteiger partial charge in [-0.1, -0.05) is 26.7 Å². The summed E-state index contributed by atoms with van der Waals surface area (Å²) in [5, 5.41) is 0. The summed E-state index contributed by atoms with van der Waals surface area (Å²) in [5.74, 6) is 1.60. The van der Waals surface area contributed by atoms with Crippen LogP contribution in [0, 0.1) is 0 Å². The van der Waals surface area contributed by atoms with Crippen molar-refractivity contribution in [2.45, 2.75) is 39.5 Å². The van der Waals surface area contributed by atoms with E-state index in [1.807, 2.05) is 12.1 Å². The molecular formula is C18H30N2O7S-2. The van der Waals surface area contributed by atoms with Crippen molar-refractivity contribution in [3.63, 3.8) is 0 Å². The fraction of sp³-hybridized carbons (Fsp3) is 0.667. The van der Waals surface area contributed by atoms with Crippen molar-refractivity contribution >= 4 is 21.8 Å². The zero-order valence-electron chi connectivity index (χ0n) is 16.5. The SMILES string of the molecule is CCCCOc1cc(N2CCOCC2)c(OCCCC)cc1N.O=S(=O)([O-])[O-]. The van der Waals surface area contributed by atoms with Crippen molar-refractivity contribution in [2.24, 2.45) is 0 Å². The number of morpholine rings is 1. The van der Waals surface area contributed by atoms with Crippen LogP contribution < -0.4 is 20.1 Å². The van der Waals surface area contributed by atoms with Crippen molar-refractivity contribution in [3.05, 3.63) is 12.1 Å². The van der Waals surface area contributed by atoms with Crippen LogP contribution in [0.1, 0.15) is 39.5 Å². The molecule has 9 nitrogen and oxygen atoms in total. The third kappa shape index (κ3) is 9.98. The second kappa shape index (κ2) is 12.7. The summed E-state index contributed by atoms with van der Waals surface area (Å²) >= 11 is 0. The molecule has 1 heterocycles. The lowest BCUT2D eigenvalue weighted by Gasteiger charge is -2.31. The summed E-state index contributed by atoms with van der Waals surface area (Å²) in [6.07, 6.45) is 4.29. The summed E-state index contributed by atoms with van der Waals surface area (Å²) in [6, 6.07) is 3.93. The topological polar surface area (TPSA) is 137 Å². The van der Waals surface area contributed by atoms with Crippen LogP contribution in [-0.4, -0.2) is 57.0 Å². The lowest BCUT2D eigenvalue weighted by atomic mass is 10.2. The van der Waals surface area contributed by atoms with Crippen molar-refractivity contribution < 1.29 is 31.7 Å². The third-order valence-corrected chi connectivity index (χ3v) is 3.95. The predicted molar refractivity (Wildman–Crippen MR) is 105 cm³/mol. The number of hydrogen-bond donors (Lipinski definition) is 1. The molecule has 2 N–H and O–H groups in total. The summed E-state index contributed by atoms with van der Waals surface area (Å²) in [4.78, 5) is 2.29. The highest BCUT2D eigenvalue weighted by atomic mass is 32.3. The molecule has 1 aromatic carbocycles. The molecule has 2 rings (SSSR count). The maximum atomic E-state index is 8.52. The maximum absolute atomic E-state index is 8.52. The molecule has 0 amide bonds. The smallest absolute Gasteiger partial charge is 0.144 e. The average molecular weight is 419 g/mol. The highest BCUT2D eigenvalue weighted by Gasteiger charge is 2.18. The number of anilines is 2. The van der Waals surface area contributed by atoms with Gasteiger partial charge in [0.25, 0.3) is 0 Å². The van der Waals surface area contributed by atoms with Crippen LogP contribution in [0.15, 0.2) is 12.1 Å². The van der Waals surface area contributed by atoms with Gasteiger partial charge in [-0.05, 0) is 12.8 Å². The Morgan fingerprint density at radius 2 is 1.54 bits per heavy atom. The van der Waals surface area contributed by atoms with Crippen LogP contribution in [-0.2, 0) is 15.1 Å². The minimum atomic E-state index is -5.17. The first kappa shape index (κ1) is 24.3. The Labute approximate surface area is 167 Å². The van der Waals surface area contributed by atoms with Crippen LogP contribution in [0.25, 0.3) is 0 Å². The van der Waals surface area contributed by atoms with E-state index in [9.17, 15) is 0 Å². The molecule has 162 valence electrons. The predicted octanol–water partition coefficient (Wildman–Crippen LogP) is 2.13. The molecule has 0 atom stereocenters. The van der Waals surface area contributed by atoms with Gasteiger partial charge in [0, 0.05) is 35.6 Å². The molecule has 1 saturated heterocycles. The second-order valence-corrected chi connectivity index (χ2v) is 7.09. The molecule has 10 heteroatoms. The normalized spacial score (nSPS) is 14.2. The molecule has 1 aliphatic rings. The van der Waals surface area contributed by atoms with E-state index in [1.165, 1.54) is 0 Å². The Bertz CT molecular complexity index is 669. The number of unbranched alkanes of at least 4 members (excludes halogenated alkanes) is 2. The van der Waals surface area contributed by atoms with Gasteiger partial charge in [0.05, 0.1) is 37.8 Å². The molecule has 0 spiro atoms. The molecular weight excluding hydrogens is 388 g/mol. The number of nitrogens with two attached hydrogens (primary N) is 1. The molecule has 0 bridgehead atoms. The molecule has 1 aromatic rings. The van der Waals surface area contributed by atoms with Gasteiger partial charge in [-0.3, -0.25) is 8.42 Å². The van der Waals surface area contributed by atoms with E-state index in [-0.39, 0.29) is 0 Å². The highest BCUT2D eigenvalue weighted by molar-refractivity contribution is 7.79. The van der Waals surface area contributed by atoms with E-state index in [4.69, 9.17) is 37.5 Å². The standard InChI is InChI=1S/C18H30N2O3.H2O4S/c1-3-5-9-22-17-14-16(20-7-11-21-12-8-20)18(13-15(17)19)23-10-6-4-2;1-5(2,3)4/h13-14H,3-12,19H2,1-2H3;(H2,1,2,3,4)/p-2. The fourth-order valence-corrected chi connectivity index (χ4v) is 2.51. The van der Waals surface area contributed by atoms with Crippen LogP contribution >= 0.6 is 0 Å². The summed E-state index contributed by atoms with van der Waals surface area (Å²) < 4.78 is 51.4. The molecule has 1 aliphatic heterocycles. The molecule has 0 aromatic heterocycles. The fourth-order valence-electron chi connectivity index (χ4n) is 2.51. The second-order valence-electron chi connectivity index (χ2n) is 6.27. The number of hydrogen-bond acceptors (Lipinski definition) is 9. The van der Waals surface area contributed by atoms with Gasteiger partial charge in [-0.2, -0.15) is 0 Å². The van der Waals surface area contributed by atoms with Crippen molar-refractivity contribution in [2.75, 3.05) is 50.2 Å². The first-order valence-electron chi connectivity index (χ1n) is 9.44. The van der Waals surface area contributed by atoms with E-state index in [2.05, 4.69) is 18.7 Å². The van der Waals surface area contributed by atoms with Gasteiger partial charge >= 0.3 is 0 Å². The van der Waals surface area contributed by atoms with Gasteiger partial charge < -0.3 is 33.9 Å². The number of benzene rings is 1. The summed E-state index contributed by atoms with van der Waals surface area (Å²) in [5.41, 5.74) is 7.86. The van der Waals surface area contributed by atoms with E-state index in [0.717, 1.165) is 69.2 Å². The third-order valence-electron chi connectivity index (χ3n) is 3.95. The van der Waals surface area contributed by atoms with Crippen LogP contribution in [0.2, 0.25) is 0 Å². The zero-order valence-corrected chi connectivity index (χ0v) is 17.3. The Morgan fingerprint density at radius 1 is 1.04 bits per heavy atom. The highest BCUT2D eigenvalue weighted by Crippen LogP contribution is 2.38. The molecule has 1 fully saturated rings. The molecule has 0 aliphatic carbocycles. The lowest BCUT2D eigenvalue weighted by molar-refractivity contribution is 0.122. The van der Waals surface area contributed by atoms with Gasteiger partial charge in [0.2, 0.25) is 0 Å². The van der Waals surface area contributed by atoms with E-state index < -0.39 is 10.4 Å². The zero-order chi connectivity index (χ0) is 21.0. The number of ether oxygens (including phenoxy) is 3. The number of nitrogen functional groups attached to an aromatic ring is 1. The largest absolute Gasteiger partial charge is 0.759 e. The minimum Gasteiger partial charge on any atom is -0.759 e. The monoisotopic (exact) mass is 418 g/mol. The Kier molecular flexibility index (Phi) is 11.0. The summed E-state index contributed by atoms with van der Waals surface area (Å²) in [7, 11) is -5.17. The van der Waals surface area contributed by atoms with E-state index in [1.54, 1.807) is 0 Å². The van der Waals surface area contributed by atoms with E-state index >= 15 is 0 Å². The average Bonchev–Trinajstić information content (AvgIpc) is 2.63. The lowest BCUT2D eigenvalue weighted by Crippen LogP contribution is -2.36. The Morgan fingerprint density at radius 3 is 2.04 bits per heavy atom. The number of nitrogens with zero attached hydrogens (tertiary/aromatic N) is 1. The van der Waals surface area contributed by atoms with E-state index in [0.29, 0.717) is 18.9 Å². The van der Waals surface area contributed by atoms with Gasteiger partial charge in [-0.25, -0.2) is 0 Å². The first-order valence-corrected chi connectivity index (χ1v) is 10.8.